The van der Waals surface area contributed by atoms with E-state index in [1.54, 1.807) is 0 Å². The van der Waals surface area contributed by atoms with Crippen molar-refractivity contribution in [3.8, 4) is 0 Å². The number of ether oxygens (including phenoxy) is 2. The van der Waals surface area contributed by atoms with Crippen LogP contribution in [0, 0.1) is 23.7 Å². The Kier molecular flexibility index (Phi) is 1.88. The first-order valence-corrected chi connectivity index (χ1v) is 5.58. The zero-order valence-electron chi connectivity index (χ0n) is 8.24. The van der Waals surface area contributed by atoms with E-state index in [1.165, 1.54) is 19.3 Å². The summed E-state index contributed by atoms with van der Waals surface area (Å²) in [5.74, 6) is 3.47. The monoisotopic (exact) mass is 182 g/mol. The molecule has 0 aromatic carbocycles. The lowest BCUT2D eigenvalue weighted by molar-refractivity contribution is -0.0906. The smallest absolute Gasteiger partial charge is 0.160 e. The van der Waals surface area contributed by atoms with Gasteiger partial charge >= 0.3 is 0 Å². The van der Waals surface area contributed by atoms with Crippen molar-refractivity contribution >= 4 is 0 Å². The van der Waals surface area contributed by atoms with Crippen LogP contribution < -0.4 is 0 Å². The van der Waals surface area contributed by atoms with Gasteiger partial charge in [-0.2, -0.15) is 0 Å². The molecule has 0 radical (unpaired) electrons. The summed E-state index contributed by atoms with van der Waals surface area (Å²) >= 11 is 0. The highest BCUT2D eigenvalue weighted by Gasteiger charge is 2.47. The van der Waals surface area contributed by atoms with Crippen molar-refractivity contribution in [2.24, 2.45) is 23.7 Å². The molecule has 0 aromatic rings. The first kappa shape index (κ1) is 8.25. The molecule has 3 unspecified atom stereocenters. The first-order valence-electron chi connectivity index (χ1n) is 5.58. The van der Waals surface area contributed by atoms with Gasteiger partial charge < -0.3 is 9.47 Å². The van der Waals surface area contributed by atoms with Crippen molar-refractivity contribution < 1.29 is 9.47 Å². The van der Waals surface area contributed by atoms with Crippen molar-refractivity contribution in [1.82, 2.24) is 0 Å². The Balaban J connectivity index is 1.65. The average molecular weight is 182 g/mol. The average Bonchev–Trinajstić information content (AvgIpc) is 2.58. The first-order chi connectivity index (χ1) is 6.34. The van der Waals surface area contributed by atoms with Crippen LogP contribution in [0.4, 0.5) is 0 Å². The molecule has 3 atom stereocenters. The normalized spacial score (nSPS) is 54.7. The molecule has 2 heterocycles. The highest BCUT2D eigenvalue weighted by molar-refractivity contribution is 4.91. The Bertz CT molecular complexity index is 198. The molecule has 0 N–H and O–H groups in total. The van der Waals surface area contributed by atoms with Gasteiger partial charge in [0.25, 0.3) is 0 Å². The number of hydrogen-bond donors (Lipinski definition) is 0. The summed E-state index contributed by atoms with van der Waals surface area (Å²) in [7, 11) is 0. The molecule has 2 aliphatic heterocycles. The minimum Gasteiger partial charge on any atom is -0.352 e. The Morgan fingerprint density at radius 2 is 1.92 bits per heavy atom. The fourth-order valence-electron chi connectivity index (χ4n) is 3.30. The van der Waals surface area contributed by atoms with Gasteiger partial charge in [-0.1, -0.05) is 6.92 Å². The number of rotatable bonds is 1. The van der Waals surface area contributed by atoms with Gasteiger partial charge in [0.2, 0.25) is 0 Å². The molecule has 2 saturated heterocycles. The fourth-order valence-corrected chi connectivity index (χ4v) is 3.30. The van der Waals surface area contributed by atoms with E-state index in [2.05, 4.69) is 6.92 Å². The number of fused-ring (bicyclic) bond motifs is 1. The van der Waals surface area contributed by atoms with Crippen LogP contribution in [0.5, 0.6) is 0 Å². The summed E-state index contributed by atoms with van der Waals surface area (Å²) in [6.07, 6.45) is 4.26. The second-order valence-corrected chi connectivity index (χ2v) is 5.03. The lowest BCUT2D eigenvalue weighted by Crippen LogP contribution is -2.32. The highest BCUT2D eigenvalue weighted by Crippen LogP contribution is 2.48. The van der Waals surface area contributed by atoms with Crippen molar-refractivity contribution in [2.75, 3.05) is 13.2 Å². The van der Waals surface area contributed by atoms with Gasteiger partial charge in [-0.3, -0.25) is 0 Å². The van der Waals surface area contributed by atoms with Crippen LogP contribution in [0.1, 0.15) is 26.2 Å². The maximum absolute atomic E-state index is 5.66. The predicted octanol–water partition coefficient (Wildman–Crippen LogP) is 2.04. The summed E-state index contributed by atoms with van der Waals surface area (Å²) in [6, 6.07) is 0. The Hall–Kier alpha value is -0.0800. The molecule has 1 saturated carbocycles. The molecule has 2 nitrogen and oxygen atoms in total. The topological polar surface area (TPSA) is 18.5 Å². The summed E-state index contributed by atoms with van der Waals surface area (Å²) in [6.45, 7) is 4.25. The van der Waals surface area contributed by atoms with E-state index < -0.39 is 0 Å². The zero-order chi connectivity index (χ0) is 8.84. The molecule has 3 rings (SSSR count). The van der Waals surface area contributed by atoms with E-state index in [1.807, 2.05) is 0 Å². The van der Waals surface area contributed by atoms with Crippen LogP contribution in [0.25, 0.3) is 0 Å². The van der Waals surface area contributed by atoms with Crippen LogP contribution in [0.2, 0.25) is 0 Å². The molecule has 3 fully saturated rings. The number of hydrogen-bond acceptors (Lipinski definition) is 2. The molecule has 74 valence electrons. The largest absolute Gasteiger partial charge is 0.352 e. The predicted molar refractivity (Wildman–Crippen MR) is 49.2 cm³/mol. The molecule has 2 heteroatoms. The van der Waals surface area contributed by atoms with E-state index in [0.29, 0.717) is 0 Å². The molecular formula is C11H18O2. The van der Waals surface area contributed by atoms with Gasteiger partial charge in [-0.15, -0.1) is 0 Å². The molecule has 13 heavy (non-hydrogen) atoms. The van der Waals surface area contributed by atoms with Gasteiger partial charge in [0.1, 0.15) is 0 Å². The lowest BCUT2D eigenvalue weighted by Gasteiger charge is -2.38. The molecule has 0 spiro atoms. The molecule has 1 aliphatic carbocycles. The van der Waals surface area contributed by atoms with Crippen LogP contribution in [-0.4, -0.2) is 19.5 Å². The molecule has 3 aliphatic rings. The summed E-state index contributed by atoms with van der Waals surface area (Å²) < 4.78 is 11.2. The summed E-state index contributed by atoms with van der Waals surface area (Å²) in [4.78, 5) is 0. The minimum atomic E-state index is 0.168. The summed E-state index contributed by atoms with van der Waals surface area (Å²) in [5.41, 5.74) is 0. The molecular weight excluding hydrogens is 164 g/mol. The lowest BCUT2D eigenvalue weighted by atomic mass is 9.66. The van der Waals surface area contributed by atoms with Crippen LogP contribution in [-0.2, 0) is 9.47 Å². The molecule has 0 bridgehead atoms. The van der Waals surface area contributed by atoms with Crippen LogP contribution in [0.15, 0.2) is 0 Å². The Morgan fingerprint density at radius 3 is 2.69 bits per heavy atom. The third-order valence-corrected chi connectivity index (χ3v) is 4.10. The van der Waals surface area contributed by atoms with E-state index in [-0.39, 0.29) is 6.29 Å². The fraction of sp³-hybridized carbons (Fsp3) is 1.00. The van der Waals surface area contributed by atoms with Crippen LogP contribution in [0.3, 0.4) is 0 Å². The maximum Gasteiger partial charge on any atom is 0.160 e. The minimum absolute atomic E-state index is 0.168. The van der Waals surface area contributed by atoms with Crippen LogP contribution >= 0.6 is 0 Å². The van der Waals surface area contributed by atoms with Crippen molar-refractivity contribution in [2.45, 2.75) is 32.5 Å². The highest BCUT2D eigenvalue weighted by atomic mass is 16.7. The third-order valence-electron chi connectivity index (χ3n) is 4.10. The van der Waals surface area contributed by atoms with Gasteiger partial charge in [0.15, 0.2) is 6.29 Å². The Labute approximate surface area is 79.6 Å². The van der Waals surface area contributed by atoms with Gasteiger partial charge in [-0.25, -0.2) is 0 Å². The zero-order valence-corrected chi connectivity index (χ0v) is 8.24. The van der Waals surface area contributed by atoms with E-state index in [0.717, 1.165) is 36.9 Å². The van der Waals surface area contributed by atoms with E-state index in [9.17, 15) is 0 Å². The van der Waals surface area contributed by atoms with E-state index >= 15 is 0 Å². The van der Waals surface area contributed by atoms with Crippen molar-refractivity contribution in [1.29, 1.82) is 0 Å². The van der Waals surface area contributed by atoms with Crippen molar-refractivity contribution in [3.63, 3.8) is 0 Å². The second kappa shape index (κ2) is 2.96. The van der Waals surface area contributed by atoms with Crippen molar-refractivity contribution in [3.05, 3.63) is 0 Å². The van der Waals surface area contributed by atoms with Gasteiger partial charge in [0, 0.05) is 5.92 Å². The second-order valence-electron chi connectivity index (χ2n) is 5.03. The Morgan fingerprint density at radius 1 is 1.08 bits per heavy atom. The van der Waals surface area contributed by atoms with E-state index in [4.69, 9.17) is 9.47 Å². The maximum atomic E-state index is 5.66. The van der Waals surface area contributed by atoms with Gasteiger partial charge in [-0.05, 0) is 37.0 Å². The quantitative estimate of drug-likeness (QED) is 0.618. The third kappa shape index (κ3) is 1.23. The standard InChI is InChI=1S/C11H18O2/c1-7-4-8(5-7)10-6-13-11-9(10)2-3-12-11/h7-11H,2-6H2,1H3. The molecule has 0 aromatic heterocycles. The van der Waals surface area contributed by atoms with Gasteiger partial charge in [0.05, 0.1) is 13.2 Å². The summed E-state index contributed by atoms with van der Waals surface area (Å²) in [5, 5.41) is 0. The SMILES string of the molecule is CC1CC(C2COC3OCCC32)C1. The molecule has 0 amide bonds.